The number of nitrogen functional groups attached to an aromatic ring is 1. The molecule has 0 atom stereocenters. The molecular formula is C22H22N6O. The lowest BCUT2D eigenvalue weighted by Gasteiger charge is -2.14. The van der Waals surface area contributed by atoms with Gasteiger partial charge < -0.3 is 11.1 Å². The molecule has 0 fully saturated rings. The normalized spacial score (nSPS) is 11.0. The number of nitrogens with two attached hydrogens (primary N) is 1. The van der Waals surface area contributed by atoms with Gasteiger partial charge in [-0.1, -0.05) is 6.07 Å². The van der Waals surface area contributed by atoms with Gasteiger partial charge in [0, 0.05) is 30.5 Å². The number of amides is 1. The molecule has 3 aromatic heterocycles. The number of carbonyl (C=O) groups excluding carboxylic acids is 1. The number of aromatic nitrogens is 4. The van der Waals surface area contributed by atoms with Gasteiger partial charge in [-0.2, -0.15) is 5.10 Å². The van der Waals surface area contributed by atoms with E-state index in [9.17, 15) is 4.79 Å². The summed E-state index contributed by atoms with van der Waals surface area (Å²) in [7, 11) is 0. The summed E-state index contributed by atoms with van der Waals surface area (Å²) in [5.74, 6) is 0.356. The number of rotatable bonds is 5. The highest BCUT2D eigenvalue weighted by molar-refractivity contribution is 5.95. The number of aryl methyl sites for hydroxylation is 2. The van der Waals surface area contributed by atoms with Gasteiger partial charge in [-0.05, 0) is 60.2 Å². The second kappa shape index (κ2) is 7.71. The SMILES string of the molecule is Cc1cc2c(N)nccc2c(C)c1CNC(=O)c1cnn(Cc2ccccn2)c1. The van der Waals surface area contributed by atoms with Gasteiger partial charge in [0.1, 0.15) is 5.82 Å². The molecule has 0 bridgehead atoms. The number of hydrogen-bond donors (Lipinski definition) is 2. The maximum atomic E-state index is 12.6. The third kappa shape index (κ3) is 3.80. The molecule has 0 saturated carbocycles. The molecule has 0 aliphatic rings. The van der Waals surface area contributed by atoms with E-state index in [4.69, 9.17) is 5.73 Å². The molecule has 7 nitrogen and oxygen atoms in total. The van der Waals surface area contributed by atoms with Crippen molar-refractivity contribution >= 4 is 22.5 Å². The fourth-order valence-corrected chi connectivity index (χ4v) is 3.50. The number of carbonyl (C=O) groups is 1. The number of fused-ring (bicyclic) bond motifs is 1. The van der Waals surface area contributed by atoms with Crippen LogP contribution in [0.1, 0.15) is 32.7 Å². The summed E-state index contributed by atoms with van der Waals surface area (Å²) >= 11 is 0. The van der Waals surface area contributed by atoms with E-state index in [0.29, 0.717) is 24.5 Å². The van der Waals surface area contributed by atoms with E-state index >= 15 is 0 Å². The highest BCUT2D eigenvalue weighted by Gasteiger charge is 2.13. The van der Waals surface area contributed by atoms with Crippen molar-refractivity contribution in [3.05, 3.63) is 83.1 Å². The van der Waals surface area contributed by atoms with Crippen LogP contribution in [0.15, 0.2) is 55.1 Å². The molecule has 0 radical (unpaired) electrons. The van der Waals surface area contributed by atoms with Crippen LogP contribution in [0.5, 0.6) is 0 Å². The van der Waals surface area contributed by atoms with E-state index in [1.165, 1.54) is 0 Å². The molecule has 3 N–H and O–H groups in total. The molecular weight excluding hydrogens is 364 g/mol. The Hall–Kier alpha value is -3.74. The Bertz CT molecular complexity index is 1180. The zero-order valence-corrected chi connectivity index (χ0v) is 16.4. The van der Waals surface area contributed by atoms with Crippen molar-refractivity contribution in [3.8, 4) is 0 Å². The summed E-state index contributed by atoms with van der Waals surface area (Å²) in [6.45, 7) is 5.01. The van der Waals surface area contributed by atoms with Crippen LogP contribution in [0.3, 0.4) is 0 Å². The van der Waals surface area contributed by atoms with Crippen molar-refractivity contribution in [2.75, 3.05) is 5.73 Å². The molecule has 7 heteroatoms. The molecule has 0 spiro atoms. The van der Waals surface area contributed by atoms with Crippen LogP contribution in [-0.2, 0) is 13.1 Å². The Morgan fingerprint density at radius 3 is 2.79 bits per heavy atom. The van der Waals surface area contributed by atoms with Crippen molar-refractivity contribution < 1.29 is 4.79 Å². The van der Waals surface area contributed by atoms with Crippen LogP contribution in [0.25, 0.3) is 10.8 Å². The van der Waals surface area contributed by atoms with Crippen LogP contribution in [0.2, 0.25) is 0 Å². The standard InChI is InChI=1S/C22H22N6O/c1-14-9-19-18(6-8-25-21(19)23)15(2)20(14)11-26-22(29)16-10-27-28(12-16)13-17-5-3-4-7-24-17/h3-10,12H,11,13H2,1-2H3,(H2,23,25)(H,26,29). The van der Waals surface area contributed by atoms with Gasteiger partial charge in [-0.3, -0.25) is 14.5 Å². The fourth-order valence-electron chi connectivity index (χ4n) is 3.50. The minimum Gasteiger partial charge on any atom is -0.383 e. The summed E-state index contributed by atoms with van der Waals surface area (Å²) in [5.41, 5.74) is 10.7. The molecule has 146 valence electrons. The van der Waals surface area contributed by atoms with Crippen molar-refractivity contribution in [2.45, 2.75) is 26.9 Å². The van der Waals surface area contributed by atoms with Crippen molar-refractivity contribution in [1.29, 1.82) is 0 Å². The zero-order chi connectivity index (χ0) is 20.4. The van der Waals surface area contributed by atoms with Crippen molar-refractivity contribution in [1.82, 2.24) is 25.1 Å². The first kappa shape index (κ1) is 18.6. The van der Waals surface area contributed by atoms with E-state index in [2.05, 4.69) is 20.4 Å². The highest BCUT2D eigenvalue weighted by atomic mass is 16.1. The molecule has 3 heterocycles. The van der Waals surface area contributed by atoms with Crippen LogP contribution in [-0.4, -0.2) is 25.7 Å². The van der Waals surface area contributed by atoms with E-state index in [1.54, 1.807) is 29.5 Å². The smallest absolute Gasteiger partial charge is 0.254 e. The molecule has 1 aromatic carbocycles. The molecule has 0 aliphatic carbocycles. The van der Waals surface area contributed by atoms with E-state index in [0.717, 1.165) is 33.2 Å². The van der Waals surface area contributed by atoms with Gasteiger partial charge in [0.15, 0.2) is 0 Å². The highest BCUT2D eigenvalue weighted by Crippen LogP contribution is 2.27. The number of hydrogen-bond acceptors (Lipinski definition) is 5. The average molecular weight is 386 g/mol. The number of benzene rings is 1. The first-order chi connectivity index (χ1) is 14.0. The second-order valence-electron chi connectivity index (χ2n) is 7.02. The summed E-state index contributed by atoms with van der Waals surface area (Å²) < 4.78 is 1.71. The van der Waals surface area contributed by atoms with Gasteiger partial charge in [0.2, 0.25) is 0 Å². The number of nitrogens with one attached hydrogen (secondary N) is 1. The summed E-state index contributed by atoms with van der Waals surface area (Å²) in [6, 6.07) is 9.70. The third-order valence-electron chi connectivity index (χ3n) is 5.09. The Morgan fingerprint density at radius 1 is 1.14 bits per heavy atom. The van der Waals surface area contributed by atoms with Gasteiger partial charge >= 0.3 is 0 Å². The van der Waals surface area contributed by atoms with Crippen LogP contribution in [0, 0.1) is 13.8 Å². The van der Waals surface area contributed by atoms with Crippen molar-refractivity contribution in [2.24, 2.45) is 0 Å². The number of nitrogens with zero attached hydrogens (tertiary/aromatic N) is 4. The Labute approximate surface area is 168 Å². The molecule has 29 heavy (non-hydrogen) atoms. The Balaban J connectivity index is 1.49. The van der Waals surface area contributed by atoms with Gasteiger partial charge in [-0.15, -0.1) is 0 Å². The Kier molecular flexibility index (Phi) is 4.95. The Morgan fingerprint density at radius 2 is 2.00 bits per heavy atom. The number of anilines is 1. The first-order valence-corrected chi connectivity index (χ1v) is 9.37. The topological polar surface area (TPSA) is 98.7 Å². The average Bonchev–Trinajstić information content (AvgIpc) is 3.18. The first-order valence-electron chi connectivity index (χ1n) is 9.37. The largest absolute Gasteiger partial charge is 0.383 e. The monoisotopic (exact) mass is 386 g/mol. The molecule has 0 aliphatic heterocycles. The molecule has 1 amide bonds. The lowest BCUT2D eigenvalue weighted by atomic mass is 9.96. The van der Waals surface area contributed by atoms with Gasteiger partial charge in [0.25, 0.3) is 5.91 Å². The maximum Gasteiger partial charge on any atom is 0.254 e. The predicted octanol–water partition coefficient (Wildman–Crippen LogP) is 3.00. The molecule has 4 rings (SSSR count). The minimum atomic E-state index is -0.162. The van der Waals surface area contributed by atoms with Crippen LogP contribution in [0.4, 0.5) is 5.82 Å². The summed E-state index contributed by atoms with van der Waals surface area (Å²) in [4.78, 5) is 21.1. The summed E-state index contributed by atoms with van der Waals surface area (Å²) in [6.07, 6.45) is 6.75. The van der Waals surface area contributed by atoms with E-state index < -0.39 is 0 Å². The fraction of sp³-hybridized carbons (Fsp3) is 0.182. The van der Waals surface area contributed by atoms with Crippen LogP contribution < -0.4 is 11.1 Å². The second-order valence-corrected chi connectivity index (χ2v) is 7.02. The van der Waals surface area contributed by atoms with E-state index in [-0.39, 0.29) is 5.91 Å². The lowest BCUT2D eigenvalue weighted by molar-refractivity contribution is 0.0950. The zero-order valence-electron chi connectivity index (χ0n) is 16.4. The van der Waals surface area contributed by atoms with Crippen molar-refractivity contribution in [3.63, 3.8) is 0 Å². The van der Waals surface area contributed by atoms with E-state index in [1.807, 2.05) is 44.2 Å². The quantitative estimate of drug-likeness (QED) is 0.549. The molecule has 0 unspecified atom stereocenters. The minimum absolute atomic E-state index is 0.162. The van der Waals surface area contributed by atoms with Crippen LogP contribution >= 0.6 is 0 Å². The van der Waals surface area contributed by atoms with Gasteiger partial charge in [-0.25, -0.2) is 4.98 Å². The number of pyridine rings is 2. The van der Waals surface area contributed by atoms with Gasteiger partial charge in [0.05, 0.1) is 24.0 Å². The third-order valence-corrected chi connectivity index (χ3v) is 5.09. The summed E-state index contributed by atoms with van der Waals surface area (Å²) in [5, 5.41) is 9.26. The maximum absolute atomic E-state index is 12.6. The molecule has 4 aromatic rings. The molecule has 0 saturated heterocycles. The lowest BCUT2D eigenvalue weighted by Crippen LogP contribution is -2.23. The predicted molar refractivity (Wildman–Crippen MR) is 112 cm³/mol.